The van der Waals surface area contributed by atoms with Crippen LogP contribution in [0.5, 0.6) is 5.75 Å². The standard InChI is InChI=1S/C27H19Cl2N3O3/c28-21-4-7-23(29)20(13-21)15-32-25-14-19(17-9-11-30-12-10-17)3-8-24(25)31-26(32)16-35-22-5-1-18(2-6-22)27(33)34/h1-14H,15-16H2,(H,33,34). The largest absolute Gasteiger partial charge is 0.486 e. The second kappa shape index (κ2) is 9.78. The molecule has 0 bridgehead atoms. The number of hydrogen-bond acceptors (Lipinski definition) is 4. The number of aromatic nitrogens is 3. The van der Waals surface area contributed by atoms with Crippen LogP contribution in [0.4, 0.5) is 0 Å². The number of benzene rings is 3. The number of halogens is 2. The predicted molar refractivity (Wildman–Crippen MR) is 136 cm³/mol. The van der Waals surface area contributed by atoms with Crippen molar-refractivity contribution < 1.29 is 14.6 Å². The van der Waals surface area contributed by atoms with Gasteiger partial charge in [-0.05, 0) is 83.4 Å². The van der Waals surface area contributed by atoms with Gasteiger partial charge < -0.3 is 14.4 Å². The second-order valence-electron chi connectivity index (χ2n) is 7.91. The third kappa shape index (κ3) is 4.99. The first-order valence-corrected chi connectivity index (χ1v) is 11.5. The monoisotopic (exact) mass is 503 g/mol. The maximum Gasteiger partial charge on any atom is 0.335 e. The van der Waals surface area contributed by atoms with Crippen LogP contribution < -0.4 is 4.74 Å². The van der Waals surface area contributed by atoms with Gasteiger partial charge in [0.05, 0.1) is 23.1 Å². The minimum Gasteiger partial charge on any atom is -0.486 e. The van der Waals surface area contributed by atoms with E-state index in [1.807, 2.05) is 30.3 Å². The molecule has 0 spiro atoms. The summed E-state index contributed by atoms with van der Waals surface area (Å²) in [7, 11) is 0. The molecule has 1 N–H and O–H groups in total. The fourth-order valence-corrected chi connectivity index (χ4v) is 4.23. The van der Waals surface area contributed by atoms with E-state index in [-0.39, 0.29) is 12.2 Å². The lowest BCUT2D eigenvalue weighted by atomic mass is 10.1. The smallest absolute Gasteiger partial charge is 0.335 e. The molecule has 0 saturated carbocycles. The average molecular weight is 504 g/mol. The SMILES string of the molecule is O=C(O)c1ccc(OCc2nc3ccc(-c4ccncc4)cc3n2Cc2cc(Cl)ccc2Cl)cc1. The van der Waals surface area contributed by atoms with Crippen molar-refractivity contribution in [3.8, 4) is 16.9 Å². The highest BCUT2D eigenvalue weighted by Gasteiger charge is 2.15. The summed E-state index contributed by atoms with van der Waals surface area (Å²) in [5.74, 6) is 0.263. The Morgan fingerprint density at radius 3 is 2.43 bits per heavy atom. The Kier molecular flexibility index (Phi) is 6.40. The Morgan fingerprint density at radius 1 is 0.914 bits per heavy atom. The van der Waals surface area contributed by atoms with E-state index in [1.54, 1.807) is 36.7 Å². The molecule has 2 heterocycles. The van der Waals surface area contributed by atoms with E-state index in [0.717, 1.165) is 27.7 Å². The number of fused-ring (bicyclic) bond motifs is 1. The van der Waals surface area contributed by atoms with Crippen molar-refractivity contribution >= 4 is 40.2 Å². The van der Waals surface area contributed by atoms with Gasteiger partial charge in [0.1, 0.15) is 18.2 Å². The summed E-state index contributed by atoms with van der Waals surface area (Å²) in [5, 5.41) is 10.3. The summed E-state index contributed by atoms with van der Waals surface area (Å²) in [5.41, 5.74) is 4.89. The molecule has 3 aromatic carbocycles. The number of nitrogens with zero attached hydrogens (tertiary/aromatic N) is 3. The number of aromatic carboxylic acids is 1. The number of rotatable bonds is 7. The van der Waals surface area contributed by atoms with Crippen LogP contribution in [-0.2, 0) is 13.2 Å². The normalized spacial score (nSPS) is 11.0. The first kappa shape index (κ1) is 22.9. The van der Waals surface area contributed by atoms with E-state index in [9.17, 15) is 4.79 Å². The molecule has 5 rings (SSSR count). The lowest BCUT2D eigenvalue weighted by Gasteiger charge is -2.13. The fourth-order valence-electron chi connectivity index (χ4n) is 3.86. The van der Waals surface area contributed by atoms with Crippen LogP contribution in [0.2, 0.25) is 10.0 Å². The molecule has 0 atom stereocenters. The molecule has 0 unspecified atom stereocenters. The van der Waals surface area contributed by atoms with Gasteiger partial charge in [0.25, 0.3) is 0 Å². The molecule has 5 aromatic rings. The minimum atomic E-state index is -0.984. The van der Waals surface area contributed by atoms with Crippen molar-refractivity contribution in [2.75, 3.05) is 0 Å². The summed E-state index contributed by atoms with van der Waals surface area (Å²) in [6.45, 7) is 0.635. The Bertz CT molecular complexity index is 1520. The minimum absolute atomic E-state index is 0.184. The van der Waals surface area contributed by atoms with E-state index in [0.29, 0.717) is 28.2 Å². The number of hydrogen-bond donors (Lipinski definition) is 1. The Hall–Kier alpha value is -3.87. The maximum atomic E-state index is 11.1. The quantitative estimate of drug-likeness (QED) is 0.266. The second-order valence-corrected chi connectivity index (χ2v) is 8.75. The Morgan fingerprint density at radius 2 is 1.69 bits per heavy atom. The highest BCUT2D eigenvalue weighted by atomic mass is 35.5. The number of carbonyl (C=O) groups is 1. The molecule has 0 aliphatic rings. The van der Waals surface area contributed by atoms with Crippen LogP contribution in [0.3, 0.4) is 0 Å². The molecule has 0 radical (unpaired) electrons. The lowest BCUT2D eigenvalue weighted by molar-refractivity contribution is 0.0697. The van der Waals surface area contributed by atoms with Crippen molar-refractivity contribution in [1.29, 1.82) is 0 Å². The highest BCUT2D eigenvalue weighted by molar-refractivity contribution is 6.33. The average Bonchev–Trinajstić information content (AvgIpc) is 3.22. The van der Waals surface area contributed by atoms with Crippen LogP contribution in [0, 0.1) is 0 Å². The first-order valence-electron chi connectivity index (χ1n) is 10.8. The molecule has 2 aromatic heterocycles. The van der Waals surface area contributed by atoms with Gasteiger partial charge in [0.2, 0.25) is 0 Å². The van der Waals surface area contributed by atoms with Crippen LogP contribution in [-0.4, -0.2) is 25.6 Å². The summed E-state index contributed by atoms with van der Waals surface area (Å²) >= 11 is 12.7. The molecule has 8 heteroatoms. The Labute approximate surface area is 211 Å². The number of pyridine rings is 1. The van der Waals surface area contributed by atoms with Gasteiger partial charge in [0.15, 0.2) is 0 Å². The number of ether oxygens (including phenoxy) is 1. The molecule has 35 heavy (non-hydrogen) atoms. The lowest BCUT2D eigenvalue weighted by Crippen LogP contribution is -2.09. The molecular weight excluding hydrogens is 485 g/mol. The highest BCUT2D eigenvalue weighted by Crippen LogP contribution is 2.28. The van der Waals surface area contributed by atoms with E-state index >= 15 is 0 Å². The van der Waals surface area contributed by atoms with Crippen LogP contribution in [0.25, 0.3) is 22.2 Å². The maximum absolute atomic E-state index is 11.1. The topological polar surface area (TPSA) is 77.2 Å². The van der Waals surface area contributed by atoms with Gasteiger partial charge in [-0.15, -0.1) is 0 Å². The van der Waals surface area contributed by atoms with E-state index in [4.69, 9.17) is 38.0 Å². The summed E-state index contributed by atoms with van der Waals surface area (Å²) in [6.07, 6.45) is 3.52. The number of carboxylic acid groups (broad SMARTS) is 1. The van der Waals surface area contributed by atoms with Crippen molar-refractivity contribution in [2.24, 2.45) is 0 Å². The van der Waals surface area contributed by atoms with Crippen molar-refractivity contribution in [1.82, 2.24) is 14.5 Å². The Balaban J connectivity index is 1.54. The predicted octanol–water partition coefficient (Wildman–Crippen LogP) is 6.73. The van der Waals surface area contributed by atoms with Gasteiger partial charge in [-0.2, -0.15) is 0 Å². The van der Waals surface area contributed by atoms with Gasteiger partial charge >= 0.3 is 5.97 Å². The molecule has 0 amide bonds. The fraction of sp³-hybridized carbons (Fsp3) is 0.0741. The summed E-state index contributed by atoms with van der Waals surface area (Å²) in [4.78, 5) is 20.0. The van der Waals surface area contributed by atoms with E-state index in [2.05, 4.69) is 15.6 Å². The third-order valence-corrected chi connectivity index (χ3v) is 6.25. The number of imidazole rings is 1. The molecule has 174 valence electrons. The van der Waals surface area contributed by atoms with Gasteiger partial charge in [-0.25, -0.2) is 9.78 Å². The van der Waals surface area contributed by atoms with Crippen LogP contribution >= 0.6 is 23.2 Å². The molecule has 0 fully saturated rings. The van der Waals surface area contributed by atoms with Crippen molar-refractivity contribution in [2.45, 2.75) is 13.2 Å². The number of carboxylic acids is 1. The van der Waals surface area contributed by atoms with Gasteiger partial charge in [-0.3, -0.25) is 4.98 Å². The zero-order chi connectivity index (χ0) is 24.4. The van der Waals surface area contributed by atoms with Gasteiger partial charge in [-0.1, -0.05) is 29.3 Å². The van der Waals surface area contributed by atoms with Gasteiger partial charge in [0, 0.05) is 22.4 Å². The first-order chi connectivity index (χ1) is 17.0. The van der Waals surface area contributed by atoms with E-state index in [1.165, 1.54) is 12.1 Å². The zero-order valence-electron chi connectivity index (χ0n) is 18.4. The zero-order valence-corrected chi connectivity index (χ0v) is 19.9. The molecular formula is C27H19Cl2N3O3. The van der Waals surface area contributed by atoms with Crippen molar-refractivity contribution in [3.63, 3.8) is 0 Å². The summed E-state index contributed by atoms with van der Waals surface area (Å²) < 4.78 is 8.02. The molecule has 0 aliphatic carbocycles. The molecule has 0 saturated heterocycles. The molecule has 6 nitrogen and oxygen atoms in total. The molecule has 0 aliphatic heterocycles. The van der Waals surface area contributed by atoms with E-state index < -0.39 is 5.97 Å². The van der Waals surface area contributed by atoms with Crippen molar-refractivity contribution in [3.05, 3.63) is 112 Å². The summed E-state index contributed by atoms with van der Waals surface area (Å²) in [6, 6.07) is 21.7. The van der Waals surface area contributed by atoms with Crippen LogP contribution in [0.1, 0.15) is 21.7 Å². The van der Waals surface area contributed by atoms with Crippen LogP contribution in [0.15, 0.2) is 85.2 Å². The third-order valence-electron chi connectivity index (χ3n) is 5.65.